The number of carbonyl (C=O) groups excluding carboxylic acids is 2. The quantitative estimate of drug-likeness (QED) is 0.407. The summed E-state index contributed by atoms with van der Waals surface area (Å²) in [6.07, 6.45) is -0.0945. The fourth-order valence-corrected chi connectivity index (χ4v) is 3.10. The number of amides is 3. The van der Waals surface area contributed by atoms with Crippen molar-refractivity contribution in [3.05, 3.63) is 41.7 Å². The smallest absolute Gasteiger partial charge is 0.406 e. The average Bonchev–Trinajstić information content (AvgIpc) is 3.35. The number of urea groups is 1. The predicted octanol–water partition coefficient (Wildman–Crippen LogP) is 2.44. The molecule has 3 N–H and O–H groups in total. The highest BCUT2D eigenvalue weighted by atomic mass is 19.4. The number of imide groups is 1. The number of halogens is 3. The number of anilines is 1. The summed E-state index contributed by atoms with van der Waals surface area (Å²) in [5, 5.41) is 11.9. The van der Waals surface area contributed by atoms with Gasteiger partial charge in [0.25, 0.3) is 5.91 Å². The zero-order chi connectivity index (χ0) is 22.5. The molecule has 1 saturated carbocycles. The molecule has 0 bridgehead atoms. The minimum absolute atomic E-state index is 0.0161. The minimum Gasteiger partial charge on any atom is -0.406 e. The Kier molecular flexibility index (Phi) is 4.46. The van der Waals surface area contributed by atoms with Gasteiger partial charge in [0.05, 0.1) is 6.20 Å². The fourth-order valence-electron chi connectivity index (χ4n) is 3.10. The van der Waals surface area contributed by atoms with Crippen molar-refractivity contribution >= 4 is 29.6 Å². The van der Waals surface area contributed by atoms with Gasteiger partial charge in [-0.1, -0.05) is 12.1 Å². The molecule has 3 aromatic rings. The van der Waals surface area contributed by atoms with Crippen molar-refractivity contribution in [3.8, 4) is 17.1 Å². The van der Waals surface area contributed by atoms with Crippen molar-refractivity contribution in [2.75, 3.05) is 5.32 Å². The number of aromatic nitrogens is 4. The third-order valence-electron chi connectivity index (χ3n) is 4.65. The van der Waals surface area contributed by atoms with Gasteiger partial charge in [0, 0.05) is 17.2 Å². The van der Waals surface area contributed by atoms with Crippen molar-refractivity contribution in [2.45, 2.75) is 25.2 Å². The van der Waals surface area contributed by atoms with E-state index in [2.05, 4.69) is 35.8 Å². The largest absolute Gasteiger partial charge is 0.573 e. The molecule has 13 heteroatoms. The molecule has 2 aliphatic rings. The van der Waals surface area contributed by atoms with Crippen molar-refractivity contribution in [2.24, 2.45) is 0 Å². The molecule has 3 amide bonds. The molecule has 1 aliphatic carbocycles. The van der Waals surface area contributed by atoms with E-state index >= 15 is 0 Å². The Morgan fingerprint density at radius 2 is 2.00 bits per heavy atom. The summed E-state index contributed by atoms with van der Waals surface area (Å²) in [4.78, 5) is 32.1. The summed E-state index contributed by atoms with van der Waals surface area (Å²) in [5.74, 6) is -0.527. The second-order valence-corrected chi connectivity index (χ2v) is 7.17. The Morgan fingerprint density at radius 1 is 1.19 bits per heavy atom. The zero-order valence-electron chi connectivity index (χ0n) is 16.1. The van der Waals surface area contributed by atoms with Gasteiger partial charge in [-0.2, -0.15) is 14.6 Å². The molecule has 3 heterocycles. The Morgan fingerprint density at radius 3 is 2.69 bits per heavy atom. The molecule has 2 aromatic heterocycles. The molecule has 2 fully saturated rings. The van der Waals surface area contributed by atoms with Crippen LogP contribution < -0.4 is 20.7 Å². The van der Waals surface area contributed by atoms with E-state index < -0.39 is 24.1 Å². The Bertz CT molecular complexity index is 1280. The molecule has 1 aliphatic heterocycles. The number of fused-ring (bicyclic) bond motifs is 1. The van der Waals surface area contributed by atoms with E-state index in [9.17, 15) is 22.8 Å². The maximum Gasteiger partial charge on any atom is 0.573 e. The molecular weight excluding hydrogens is 431 g/mol. The van der Waals surface area contributed by atoms with E-state index in [4.69, 9.17) is 0 Å². The molecule has 32 heavy (non-hydrogen) atoms. The van der Waals surface area contributed by atoms with Gasteiger partial charge >= 0.3 is 12.4 Å². The van der Waals surface area contributed by atoms with E-state index in [0.717, 1.165) is 12.8 Å². The lowest BCUT2D eigenvalue weighted by Crippen LogP contribution is -2.22. The number of hydrogen-bond donors (Lipinski definition) is 3. The topological polar surface area (TPSA) is 123 Å². The molecule has 0 radical (unpaired) electrons. The van der Waals surface area contributed by atoms with E-state index in [1.807, 2.05) is 0 Å². The number of carbonyl (C=O) groups is 2. The molecule has 5 rings (SSSR count). The second-order valence-electron chi connectivity index (χ2n) is 7.17. The summed E-state index contributed by atoms with van der Waals surface area (Å²) >= 11 is 0. The summed E-state index contributed by atoms with van der Waals surface area (Å²) in [6, 6.07) is 4.86. The SMILES string of the molecule is O=C1NC(=O)C(=Cc2cnn3c(NC4CC4)nc(-c4cccc(OC(F)(F)F)c4)nc23)N1. The van der Waals surface area contributed by atoms with Crippen LogP contribution in [0.5, 0.6) is 5.75 Å². The van der Waals surface area contributed by atoms with Crippen LogP contribution >= 0.6 is 0 Å². The first kappa shape index (κ1) is 19.8. The lowest BCUT2D eigenvalue weighted by molar-refractivity contribution is -0.274. The average molecular weight is 445 g/mol. The Hall–Kier alpha value is -4.16. The van der Waals surface area contributed by atoms with Crippen molar-refractivity contribution < 1.29 is 27.5 Å². The first-order valence-corrected chi connectivity index (χ1v) is 9.48. The fraction of sp³-hybridized carbons (Fsp3) is 0.211. The van der Waals surface area contributed by atoms with E-state index in [0.29, 0.717) is 22.7 Å². The number of alkyl halides is 3. The summed E-state index contributed by atoms with van der Waals surface area (Å²) in [5.41, 5.74) is 1.01. The normalized spacial score (nSPS) is 17.5. The monoisotopic (exact) mass is 445 g/mol. The number of nitrogens with one attached hydrogen (secondary N) is 3. The lowest BCUT2D eigenvalue weighted by atomic mass is 10.2. The second kappa shape index (κ2) is 7.21. The molecule has 0 unspecified atom stereocenters. The van der Waals surface area contributed by atoms with E-state index in [1.54, 1.807) is 6.07 Å². The Labute approximate surface area is 177 Å². The van der Waals surface area contributed by atoms with Gasteiger partial charge in [-0.25, -0.2) is 9.78 Å². The summed E-state index contributed by atoms with van der Waals surface area (Å²) in [6.45, 7) is 0. The highest BCUT2D eigenvalue weighted by Gasteiger charge is 2.31. The minimum atomic E-state index is -4.83. The predicted molar refractivity (Wildman–Crippen MR) is 104 cm³/mol. The van der Waals surface area contributed by atoms with Gasteiger partial charge in [-0.3, -0.25) is 10.1 Å². The first-order valence-electron chi connectivity index (χ1n) is 9.48. The number of nitrogens with zero attached hydrogens (tertiary/aromatic N) is 4. The maximum atomic E-state index is 12.6. The van der Waals surface area contributed by atoms with Crippen LogP contribution in [0.3, 0.4) is 0 Å². The Balaban J connectivity index is 1.60. The first-order chi connectivity index (χ1) is 15.2. The van der Waals surface area contributed by atoms with Gasteiger partial charge in [0.15, 0.2) is 11.5 Å². The van der Waals surface area contributed by atoms with Crippen LogP contribution in [0.2, 0.25) is 0 Å². The molecule has 1 aromatic carbocycles. The molecule has 1 saturated heterocycles. The molecule has 164 valence electrons. The van der Waals surface area contributed by atoms with Gasteiger partial charge in [0.1, 0.15) is 11.4 Å². The van der Waals surface area contributed by atoms with Crippen LogP contribution in [0.4, 0.5) is 23.9 Å². The zero-order valence-corrected chi connectivity index (χ0v) is 16.1. The van der Waals surface area contributed by atoms with Gasteiger partial charge in [-0.15, -0.1) is 13.2 Å². The highest BCUT2D eigenvalue weighted by molar-refractivity contribution is 6.14. The third kappa shape index (κ3) is 4.04. The molecule has 0 spiro atoms. The number of benzene rings is 1. The lowest BCUT2D eigenvalue weighted by Gasteiger charge is -2.11. The molecule has 10 nitrogen and oxygen atoms in total. The van der Waals surface area contributed by atoms with Crippen molar-refractivity contribution in [1.82, 2.24) is 30.2 Å². The van der Waals surface area contributed by atoms with Gasteiger partial charge in [0.2, 0.25) is 5.95 Å². The van der Waals surface area contributed by atoms with E-state index in [-0.39, 0.29) is 17.6 Å². The van der Waals surface area contributed by atoms with Crippen LogP contribution in [-0.4, -0.2) is 43.9 Å². The summed E-state index contributed by atoms with van der Waals surface area (Å²) in [7, 11) is 0. The number of rotatable bonds is 5. The van der Waals surface area contributed by atoms with Crippen molar-refractivity contribution in [1.29, 1.82) is 0 Å². The van der Waals surface area contributed by atoms with Crippen LogP contribution in [0, 0.1) is 0 Å². The van der Waals surface area contributed by atoms with Crippen LogP contribution in [0.25, 0.3) is 23.1 Å². The van der Waals surface area contributed by atoms with Gasteiger partial charge < -0.3 is 15.4 Å². The summed E-state index contributed by atoms with van der Waals surface area (Å²) < 4.78 is 43.3. The van der Waals surface area contributed by atoms with Crippen LogP contribution in [-0.2, 0) is 4.79 Å². The van der Waals surface area contributed by atoms with E-state index in [1.165, 1.54) is 35.0 Å². The standard InChI is InChI=1S/C19H14F3N7O3/c20-19(21,22)32-12-3-1-2-9(6-12)14-26-15-10(7-13-16(30)28-18(31)25-13)8-23-29(15)17(27-14)24-11-4-5-11/h1-3,6-8,11H,4-5H2,(H,24,26,27)(H2,25,28,30,31). The maximum absolute atomic E-state index is 12.6. The number of ether oxygens (including phenoxy) is 1. The number of hydrogen-bond acceptors (Lipinski definition) is 7. The molecule has 0 atom stereocenters. The third-order valence-corrected chi connectivity index (χ3v) is 4.65. The van der Waals surface area contributed by atoms with Crippen molar-refractivity contribution in [3.63, 3.8) is 0 Å². The van der Waals surface area contributed by atoms with Crippen LogP contribution in [0.15, 0.2) is 36.2 Å². The van der Waals surface area contributed by atoms with Crippen LogP contribution in [0.1, 0.15) is 18.4 Å². The van der Waals surface area contributed by atoms with Gasteiger partial charge in [-0.05, 0) is 31.1 Å². The molecular formula is C19H14F3N7O3. The highest BCUT2D eigenvalue weighted by Crippen LogP contribution is 2.29.